The number of nitrogens with zero attached hydrogens (tertiary/aromatic N) is 2. The lowest BCUT2D eigenvalue weighted by atomic mass is 9.95. The molecule has 1 aliphatic carbocycles. The van der Waals surface area contributed by atoms with Crippen LogP contribution in [0, 0.1) is 5.92 Å². The second-order valence-corrected chi connectivity index (χ2v) is 11.9. The van der Waals surface area contributed by atoms with E-state index in [0.29, 0.717) is 30.8 Å². The second-order valence-electron chi connectivity index (χ2n) is 9.93. The van der Waals surface area contributed by atoms with Gasteiger partial charge in [-0.1, -0.05) is 6.07 Å². The van der Waals surface area contributed by atoms with Gasteiger partial charge >= 0.3 is 0 Å². The maximum atomic E-state index is 13.2. The SMILES string of the molecule is COc1ccc(N2CCC(NC(=O)C3CCN(S(=O)(=O)c4ccc5c(c4)CCC5)CC3)CC2)cc1. The Kier molecular flexibility index (Phi) is 7.02. The van der Waals surface area contributed by atoms with Gasteiger partial charge in [-0.3, -0.25) is 4.79 Å². The molecule has 0 unspecified atom stereocenters. The first-order chi connectivity index (χ1) is 16.9. The number of aryl methyl sites for hydroxylation is 2. The van der Waals surface area contributed by atoms with Gasteiger partial charge in [0.2, 0.25) is 15.9 Å². The number of piperidine rings is 2. The number of nitrogens with one attached hydrogen (secondary N) is 1. The lowest BCUT2D eigenvalue weighted by molar-refractivity contribution is -0.127. The minimum absolute atomic E-state index is 0.0717. The first kappa shape index (κ1) is 24.1. The molecule has 8 heteroatoms. The summed E-state index contributed by atoms with van der Waals surface area (Å²) in [5.74, 6) is 0.797. The third kappa shape index (κ3) is 5.19. The molecular weight excluding hydrogens is 462 g/mol. The van der Waals surface area contributed by atoms with Gasteiger partial charge in [0.15, 0.2) is 0 Å². The van der Waals surface area contributed by atoms with Crippen LogP contribution >= 0.6 is 0 Å². The van der Waals surface area contributed by atoms with Crippen LogP contribution in [0.1, 0.15) is 43.2 Å². The predicted molar refractivity (Wildman–Crippen MR) is 136 cm³/mol. The van der Waals surface area contributed by atoms with Crippen molar-refractivity contribution in [3.63, 3.8) is 0 Å². The topological polar surface area (TPSA) is 79.0 Å². The van der Waals surface area contributed by atoms with Crippen molar-refractivity contribution in [2.75, 3.05) is 38.2 Å². The minimum atomic E-state index is -3.51. The smallest absolute Gasteiger partial charge is 0.243 e. The molecule has 1 amide bonds. The molecule has 0 spiro atoms. The number of amides is 1. The van der Waals surface area contributed by atoms with Crippen molar-refractivity contribution in [3.8, 4) is 5.75 Å². The Hall–Kier alpha value is -2.58. The Bertz CT molecular complexity index is 1150. The van der Waals surface area contributed by atoms with Gasteiger partial charge in [0.25, 0.3) is 0 Å². The van der Waals surface area contributed by atoms with E-state index in [1.54, 1.807) is 17.5 Å². The van der Waals surface area contributed by atoms with Crippen molar-refractivity contribution >= 4 is 21.6 Å². The van der Waals surface area contributed by atoms with Crippen molar-refractivity contribution in [1.82, 2.24) is 9.62 Å². The number of carbonyl (C=O) groups is 1. The number of sulfonamides is 1. The van der Waals surface area contributed by atoms with E-state index >= 15 is 0 Å². The van der Waals surface area contributed by atoms with Gasteiger partial charge in [-0.25, -0.2) is 8.42 Å². The molecule has 0 bridgehead atoms. The van der Waals surface area contributed by atoms with E-state index in [1.807, 2.05) is 24.3 Å². The lowest BCUT2D eigenvalue weighted by Crippen LogP contribution is -2.48. The van der Waals surface area contributed by atoms with Gasteiger partial charge < -0.3 is 15.0 Å². The monoisotopic (exact) mass is 497 g/mol. The van der Waals surface area contributed by atoms with E-state index in [0.717, 1.165) is 50.9 Å². The molecule has 2 aliphatic heterocycles. The van der Waals surface area contributed by atoms with Crippen LogP contribution in [0.25, 0.3) is 0 Å². The summed E-state index contributed by atoms with van der Waals surface area (Å²) in [6.45, 7) is 2.59. The molecular formula is C27H35N3O4S. The molecule has 2 saturated heterocycles. The largest absolute Gasteiger partial charge is 0.497 e. The molecule has 0 radical (unpaired) electrons. The second kappa shape index (κ2) is 10.2. The van der Waals surface area contributed by atoms with Crippen molar-refractivity contribution < 1.29 is 17.9 Å². The highest BCUT2D eigenvalue weighted by atomic mass is 32.2. The number of methoxy groups -OCH3 is 1. The maximum absolute atomic E-state index is 13.2. The normalized spacial score (nSPS) is 20.0. The Labute approximate surface area is 208 Å². The van der Waals surface area contributed by atoms with Crippen molar-refractivity contribution in [2.24, 2.45) is 5.92 Å². The van der Waals surface area contributed by atoms with E-state index in [9.17, 15) is 13.2 Å². The summed E-state index contributed by atoms with van der Waals surface area (Å²) in [5.41, 5.74) is 3.61. The summed E-state index contributed by atoms with van der Waals surface area (Å²) in [6.07, 6.45) is 6.05. The number of hydrogen-bond donors (Lipinski definition) is 1. The number of benzene rings is 2. The molecule has 5 rings (SSSR count). The summed E-state index contributed by atoms with van der Waals surface area (Å²) in [4.78, 5) is 15.7. The highest BCUT2D eigenvalue weighted by Gasteiger charge is 2.33. The third-order valence-electron chi connectivity index (χ3n) is 7.81. The van der Waals surface area contributed by atoms with Crippen LogP contribution in [0.15, 0.2) is 47.4 Å². The summed E-state index contributed by atoms with van der Waals surface area (Å²) in [6, 6.07) is 13.8. The van der Waals surface area contributed by atoms with Gasteiger partial charge in [-0.15, -0.1) is 0 Å². The zero-order valence-corrected chi connectivity index (χ0v) is 21.2. The molecule has 7 nitrogen and oxygen atoms in total. The summed E-state index contributed by atoms with van der Waals surface area (Å²) in [7, 11) is -1.84. The predicted octanol–water partition coefficient (Wildman–Crippen LogP) is 3.37. The van der Waals surface area contributed by atoms with Crippen LogP contribution in [-0.4, -0.2) is 58.0 Å². The fourth-order valence-corrected chi connectivity index (χ4v) is 7.13. The van der Waals surface area contributed by atoms with Crippen molar-refractivity contribution in [2.45, 2.75) is 55.9 Å². The van der Waals surface area contributed by atoms with Gasteiger partial charge in [0.05, 0.1) is 12.0 Å². The first-order valence-electron chi connectivity index (χ1n) is 12.8. The van der Waals surface area contributed by atoms with E-state index < -0.39 is 10.0 Å². The first-order valence-corrected chi connectivity index (χ1v) is 14.2. The summed E-state index contributed by atoms with van der Waals surface area (Å²) in [5, 5.41) is 3.24. The number of fused-ring (bicyclic) bond motifs is 1. The quantitative estimate of drug-likeness (QED) is 0.662. The molecule has 0 atom stereocenters. The Balaban J connectivity index is 1.10. The number of hydrogen-bond acceptors (Lipinski definition) is 5. The Morgan fingerprint density at radius 2 is 1.60 bits per heavy atom. The summed E-state index contributed by atoms with van der Waals surface area (Å²) >= 11 is 0. The van der Waals surface area contributed by atoms with Gasteiger partial charge in [0, 0.05) is 43.8 Å². The molecule has 2 heterocycles. The van der Waals surface area contributed by atoms with Crippen LogP contribution in [0.2, 0.25) is 0 Å². The molecule has 35 heavy (non-hydrogen) atoms. The molecule has 1 N–H and O–H groups in total. The molecule has 2 aromatic carbocycles. The lowest BCUT2D eigenvalue weighted by Gasteiger charge is -2.35. The molecule has 3 aliphatic rings. The highest BCUT2D eigenvalue weighted by molar-refractivity contribution is 7.89. The highest BCUT2D eigenvalue weighted by Crippen LogP contribution is 2.29. The van der Waals surface area contributed by atoms with E-state index in [1.165, 1.54) is 16.8 Å². The standard InChI is InChI=1S/C27H35N3O4S/c1-34-25-8-6-24(7-9-25)29-15-13-23(14-16-29)28-27(31)21-11-17-30(18-12-21)35(32,33)26-10-5-20-3-2-4-22(20)19-26/h5-10,19,21,23H,2-4,11-18H2,1H3,(H,28,31). The molecule has 2 aromatic rings. The Morgan fingerprint density at radius 1 is 0.914 bits per heavy atom. The zero-order chi connectivity index (χ0) is 24.4. The van der Waals surface area contributed by atoms with Crippen LogP contribution in [-0.2, 0) is 27.7 Å². The maximum Gasteiger partial charge on any atom is 0.243 e. The van der Waals surface area contributed by atoms with Gasteiger partial charge in [-0.2, -0.15) is 4.31 Å². The fourth-order valence-electron chi connectivity index (χ4n) is 5.61. The number of anilines is 1. The van der Waals surface area contributed by atoms with Crippen LogP contribution in [0.4, 0.5) is 5.69 Å². The van der Waals surface area contributed by atoms with Crippen molar-refractivity contribution in [3.05, 3.63) is 53.6 Å². The van der Waals surface area contributed by atoms with E-state index in [2.05, 4.69) is 22.3 Å². The minimum Gasteiger partial charge on any atom is -0.497 e. The van der Waals surface area contributed by atoms with Crippen LogP contribution < -0.4 is 15.0 Å². The molecule has 0 saturated carbocycles. The van der Waals surface area contributed by atoms with E-state index in [-0.39, 0.29) is 17.9 Å². The molecule has 0 aromatic heterocycles. The molecule has 2 fully saturated rings. The van der Waals surface area contributed by atoms with Crippen LogP contribution in [0.5, 0.6) is 5.75 Å². The van der Waals surface area contributed by atoms with Crippen molar-refractivity contribution in [1.29, 1.82) is 0 Å². The average molecular weight is 498 g/mol. The fraction of sp³-hybridized carbons (Fsp3) is 0.519. The molecule has 188 valence electrons. The number of ether oxygens (including phenoxy) is 1. The number of rotatable bonds is 6. The average Bonchev–Trinajstić information content (AvgIpc) is 3.37. The van der Waals surface area contributed by atoms with E-state index in [4.69, 9.17) is 4.74 Å². The Morgan fingerprint density at radius 3 is 2.29 bits per heavy atom. The van der Waals surface area contributed by atoms with Crippen LogP contribution in [0.3, 0.4) is 0 Å². The number of carbonyl (C=O) groups excluding carboxylic acids is 1. The van der Waals surface area contributed by atoms with Gasteiger partial charge in [-0.05, 0) is 92.5 Å². The summed E-state index contributed by atoms with van der Waals surface area (Å²) < 4.78 is 33.1. The van der Waals surface area contributed by atoms with Gasteiger partial charge in [0.1, 0.15) is 5.75 Å². The third-order valence-corrected chi connectivity index (χ3v) is 9.71. The zero-order valence-electron chi connectivity index (χ0n) is 20.4.